The maximum absolute atomic E-state index is 5.16. The normalized spacial score (nSPS) is 29.2. The lowest BCUT2D eigenvalue weighted by Gasteiger charge is -2.38. The van der Waals surface area contributed by atoms with E-state index in [1.54, 1.807) is 0 Å². The summed E-state index contributed by atoms with van der Waals surface area (Å²) < 4.78 is 0. The van der Waals surface area contributed by atoms with Crippen LogP contribution in [0, 0.1) is 17.8 Å². The van der Waals surface area contributed by atoms with E-state index in [-0.39, 0.29) is 0 Å². The first-order valence-electron chi connectivity index (χ1n) is 3.51. The fourth-order valence-corrected chi connectivity index (χ4v) is 1.64. The second-order valence-electron chi connectivity index (χ2n) is 3.35. The first-order valence-corrected chi connectivity index (χ1v) is 3.51. The molecule has 1 spiro atoms. The second kappa shape index (κ2) is 1.52. The van der Waals surface area contributed by atoms with Gasteiger partial charge in [0.2, 0.25) is 0 Å². The first-order chi connectivity index (χ1) is 4.35. The number of hydrogen-bond donors (Lipinski definition) is 0. The summed E-state index contributed by atoms with van der Waals surface area (Å²) in [6.45, 7) is 3.41. The number of terminal acetylenes is 1. The second-order valence-corrected chi connectivity index (χ2v) is 3.35. The Hall–Kier alpha value is -0.480. The highest BCUT2D eigenvalue weighted by Crippen LogP contribution is 2.52. The highest BCUT2D eigenvalue weighted by molar-refractivity contribution is 5.07. The maximum Gasteiger partial charge on any atom is 0.0599 e. The number of hydrogen-bond acceptors (Lipinski definition) is 1. The van der Waals surface area contributed by atoms with Crippen LogP contribution in [0.4, 0.5) is 0 Å². The molecule has 2 rings (SSSR count). The van der Waals surface area contributed by atoms with Gasteiger partial charge in [-0.15, -0.1) is 6.42 Å². The van der Waals surface area contributed by atoms with Crippen LogP contribution in [0.2, 0.25) is 0 Å². The van der Waals surface area contributed by atoms with Crippen molar-refractivity contribution in [3.05, 3.63) is 0 Å². The lowest BCUT2D eigenvalue weighted by Crippen LogP contribution is -2.48. The Labute approximate surface area is 56.0 Å². The quantitative estimate of drug-likeness (QED) is 0.462. The minimum atomic E-state index is 0.775. The van der Waals surface area contributed by atoms with Crippen molar-refractivity contribution in [2.45, 2.75) is 12.8 Å². The average Bonchev–Trinajstić information content (AvgIpc) is 2.45. The van der Waals surface area contributed by atoms with E-state index in [0.29, 0.717) is 0 Å². The summed E-state index contributed by atoms with van der Waals surface area (Å²) in [4.78, 5) is 2.34. The molecule has 1 heteroatoms. The van der Waals surface area contributed by atoms with E-state index in [1.807, 2.05) is 0 Å². The van der Waals surface area contributed by atoms with Gasteiger partial charge < -0.3 is 0 Å². The van der Waals surface area contributed by atoms with Crippen LogP contribution < -0.4 is 0 Å². The zero-order valence-electron chi connectivity index (χ0n) is 5.56. The Morgan fingerprint density at radius 1 is 1.44 bits per heavy atom. The molecule has 9 heavy (non-hydrogen) atoms. The summed E-state index contributed by atoms with van der Waals surface area (Å²) in [6.07, 6.45) is 8.06. The van der Waals surface area contributed by atoms with Gasteiger partial charge in [-0.1, -0.05) is 5.92 Å². The molecule has 0 unspecified atom stereocenters. The van der Waals surface area contributed by atoms with Gasteiger partial charge in [0.25, 0.3) is 0 Å². The largest absolute Gasteiger partial charge is 0.291 e. The van der Waals surface area contributed by atoms with Crippen LogP contribution in [0.5, 0.6) is 0 Å². The first kappa shape index (κ1) is 5.32. The molecule has 0 amide bonds. The van der Waals surface area contributed by atoms with Crippen LogP contribution in [0.15, 0.2) is 0 Å². The summed E-state index contributed by atoms with van der Waals surface area (Å²) in [7, 11) is 0. The standard InChI is InChI=1S/C8H11N/c1-2-5-9-6-8(7-9)3-4-8/h1H,3-7H2. The molecule has 0 bridgehead atoms. The van der Waals surface area contributed by atoms with Crippen molar-refractivity contribution in [2.75, 3.05) is 19.6 Å². The van der Waals surface area contributed by atoms with Crippen LogP contribution in [-0.2, 0) is 0 Å². The Bertz CT molecular complexity index is 154. The molecule has 0 aromatic heterocycles. The molecule has 0 aromatic carbocycles. The Morgan fingerprint density at radius 2 is 2.11 bits per heavy atom. The minimum absolute atomic E-state index is 0.775. The summed E-state index contributed by atoms with van der Waals surface area (Å²) >= 11 is 0. The van der Waals surface area contributed by atoms with Gasteiger partial charge in [0.05, 0.1) is 6.54 Å². The van der Waals surface area contributed by atoms with E-state index in [1.165, 1.54) is 25.9 Å². The fourth-order valence-electron chi connectivity index (χ4n) is 1.64. The van der Waals surface area contributed by atoms with Gasteiger partial charge in [0, 0.05) is 13.1 Å². The molecule has 0 aromatic rings. The molecule has 1 nitrogen and oxygen atoms in total. The molecule has 1 heterocycles. The molecule has 1 saturated carbocycles. The molecule has 48 valence electrons. The van der Waals surface area contributed by atoms with E-state index in [9.17, 15) is 0 Å². The summed E-state index contributed by atoms with van der Waals surface area (Å²) in [5.74, 6) is 2.66. The molecule has 1 aliphatic heterocycles. The van der Waals surface area contributed by atoms with Gasteiger partial charge in [-0.3, -0.25) is 4.90 Å². The van der Waals surface area contributed by atoms with E-state index in [0.717, 1.165) is 12.0 Å². The van der Waals surface area contributed by atoms with E-state index >= 15 is 0 Å². The number of nitrogens with zero attached hydrogens (tertiary/aromatic N) is 1. The summed E-state index contributed by atoms with van der Waals surface area (Å²) in [5.41, 5.74) is 0.775. The molecule has 1 aliphatic carbocycles. The highest BCUT2D eigenvalue weighted by Gasteiger charge is 2.51. The van der Waals surface area contributed by atoms with Crippen molar-refractivity contribution in [2.24, 2.45) is 5.41 Å². The molecular formula is C8H11N. The van der Waals surface area contributed by atoms with Gasteiger partial charge >= 0.3 is 0 Å². The van der Waals surface area contributed by atoms with Crippen molar-refractivity contribution in [3.63, 3.8) is 0 Å². The minimum Gasteiger partial charge on any atom is -0.291 e. The average molecular weight is 121 g/mol. The molecule has 0 N–H and O–H groups in total. The highest BCUT2D eigenvalue weighted by atomic mass is 15.2. The van der Waals surface area contributed by atoms with Crippen LogP contribution in [0.25, 0.3) is 0 Å². The monoisotopic (exact) mass is 121 g/mol. The zero-order chi connectivity index (χ0) is 6.32. The van der Waals surface area contributed by atoms with Crippen LogP contribution in [0.3, 0.4) is 0 Å². The van der Waals surface area contributed by atoms with E-state index in [2.05, 4.69) is 10.8 Å². The van der Waals surface area contributed by atoms with Crippen LogP contribution in [-0.4, -0.2) is 24.5 Å². The van der Waals surface area contributed by atoms with Crippen LogP contribution in [0.1, 0.15) is 12.8 Å². The third kappa shape index (κ3) is 0.746. The van der Waals surface area contributed by atoms with Gasteiger partial charge in [-0.05, 0) is 18.3 Å². The zero-order valence-corrected chi connectivity index (χ0v) is 5.56. The van der Waals surface area contributed by atoms with Gasteiger partial charge in [0.15, 0.2) is 0 Å². The van der Waals surface area contributed by atoms with Crippen molar-refractivity contribution in [1.29, 1.82) is 0 Å². The number of rotatable bonds is 1. The maximum atomic E-state index is 5.16. The van der Waals surface area contributed by atoms with Gasteiger partial charge in [-0.25, -0.2) is 0 Å². The predicted molar refractivity (Wildman–Crippen MR) is 36.9 cm³/mol. The van der Waals surface area contributed by atoms with Crippen molar-refractivity contribution in [3.8, 4) is 12.3 Å². The van der Waals surface area contributed by atoms with E-state index in [4.69, 9.17) is 6.42 Å². The lowest BCUT2D eigenvalue weighted by atomic mass is 9.97. The molecule has 2 fully saturated rings. The Kier molecular flexibility index (Phi) is 0.896. The van der Waals surface area contributed by atoms with Gasteiger partial charge in [0.1, 0.15) is 0 Å². The Balaban J connectivity index is 1.79. The summed E-state index contributed by atoms with van der Waals surface area (Å²) in [6, 6.07) is 0. The molecule has 2 aliphatic rings. The summed E-state index contributed by atoms with van der Waals surface area (Å²) in [5, 5.41) is 0. The molecule has 0 radical (unpaired) electrons. The smallest absolute Gasteiger partial charge is 0.0599 e. The fraction of sp³-hybridized carbons (Fsp3) is 0.750. The van der Waals surface area contributed by atoms with E-state index < -0.39 is 0 Å². The van der Waals surface area contributed by atoms with Crippen molar-refractivity contribution < 1.29 is 0 Å². The third-order valence-electron chi connectivity index (χ3n) is 2.39. The Morgan fingerprint density at radius 3 is 2.56 bits per heavy atom. The van der Waals surface area contributed by atoms with Crippen LogP contribution >= 0.6 is 0 Å². The van der Waals surface area contributed by atoms with Crippen molar-refractivity contribution >= 4 is 0 Å². The van der Waals surface area contributed by atoms with Gasteiger partial charge in [-0.2, -0.15) is 0 Å². The van der Waals surface area contributed by atoms with Crippen molar-refractivity contribution in [1.82, 2.24) is 4.90 Å². The number of likely N-dealkylation sites (tertiary alicyclic amines) is 1. The molecule has 0 atom stereocenters. The molecular weight excluding hydrogens is 110 g/mol. The topological polar surface area (TPSA) is 3.24 Å². The molecule has 1 saturated heterocycles. The predicted octanol–water partition coefficient (Wildman–Crippen LogP) is 0.715. The third-order valence-corrected chi connectivity index (χ3v) is 2.39. The SMILES string of the molecule is C#CCN1CC2(CC2)C1. The lowest BCUT2D eigenvalue weighted by molar-refractivity contribution is 0.0985.